The highest BCUT2D eigenvalue weighted by atomic mass is 32.2. The molecular formula is C14H16N2OS. The van der Waals surface area contributed by atoms with Crippen molar-refractivity contribution in [2.45, 2.75) is 12.1 Å². The standard InChI is InChI=1S/C14H16N2OS/c15-13(12-9-18-8-7-17-12)11-5-1-3-10-4-2-6-16-14(10)11/h1-6,12-13H,7-9,15H2. The van der Waals surface area contributed by atoms with Gasteiger partial charge in [0, 0.05) is 23.1 Å². The van der Waals surface area contributed by atoms with Crippen LogP contribution in [0, 0.1) is 0 Å². The largest absolute Gasteiger partial charge is 0.375 e. The lowest BCUT2D eigenvalue weighted by atomic mass is 10.00. The molecule has 1 aliphatic rings. The van der Waals surface area contributed by atoms with E-state index in [0.717, 1.165) is 34.6 Å². The third-order valence-corrected chi connectivity index (χ3v) is 4.28. The van der Waals surface area contributed by atoms with Gasteiger partial charge >= 0.3 is 0 Å². The zero-order chi connectivity index (χ0) is 12.4. The Morgan fingerprint density at radius 2 is 2.22 bits per heavy atom. The normalized spacial score (nSPS) is 21.9. The maximum Gasteiger partial charge on any atom is 0.0858 e. The second-order valence-corrected chi connectivity index (χ2v) is 5.58. The van der Waals surface area contributed by atoms with E-state index in [0.29, 0.717) is 0 Å². The van der Waals surface area contributed by atoms with Gasteiger partial charge in [-0.2, -0.15) is 11.8 Å². The third kappa shape index (κ3) is 2.23. The van der Waals surface area contributed by atoms with E-state index in [4.69, 9.17) is 10.5 Å². The molecule has 1 saturated heterocycles. The highest BCUT2D eigenvalue weighted by Crippen LogP contribution is 2.27. The van der Waals surface area contributed by atoms with Gasteiger partial charge in [-0.3, -0.25) is 4.98 Å². The summed E-state index contributed by atoms with van der Waals surface area (Å²) >= 11 is 1.91. The summed E-state index contributed by atoms with van der Waals surface area (Å²) in [6.07, 6.45) is 1.91. The average molecular weight is 260 g/mol. The van der Waals surface area contributed by atoms with Crippen molar-refractivity contribution in [1.82, 2.24) is 4.98 Å². The number of thioether (sulfide) groups is 1. The Labute approximate surface area is 111 Å². The summed E-state index contributed by atoms with van der Waals surface area (Å²) < 4.78 is 5.77. The second kappa shape index (κ2) is 5.26. The predicted molar refractivity (Wildman–Crippen MR) is 75.7 cm³/mol. The van der Waals surface area contributed by atoms with Crippen LogP contribution in [-0.2, 0) is 4.74 Å². The van der Waals surface area contributed by atoms with Crippen molar-refractivity contribution in [2.24, 2.45) is 5.73 Å². The third-order valence-electron chi connectivity index (χ3n) is 3.27. The number of para-hydroxylation sites is 1. The Kier molecular flexibility index (Phi) is 3.50. The molecule has 2 unspecified atom stereocenters. The Hall–Kier alpha value is -1.10. The van der Waals surface area contributed by atoms with Crippen LogP contribution in [0.25, 0.3) is 10.9 Å². The van der Waals surface area contributed by atoms with Crippen molar-refractivity contribution in [2.75, 3.05) is 18.1 Å². The fourth-order valence-corrected chi connectivity index (χ4v) is 3.23. The number of ether oxygens (including phenoxy) is 1. The van der Waals surface area contributed by atoms with Gasteiger partial charge in [-0.15, -0.1) is 0 Å². The highest BCUT2D eigenvalue weighted by Gasteiger charge is 2.24. The Morgan fingerprint density at radius 1 is 1.33 bits per heavy atom. The van der Waals surface area contributed by atoms with Crippen LogP contribution in [0.1, 0.15) is 11.6 Å². The molecule has 3 rings (SSSR count). The van der Waals surface area contributed by atoms with E-state index in [1.54, 1.807) is 0 Å². The molecule has 2 aromatic rings. The van der Waals surface area contributed by atoms with Gasteiger partial charge in [0.25, 0.3) is 0 Å². The van der Waals surface area contributed by atoms with E-state index in [9.17, 15) is 0 Å². The number of aromatic nitrogens is 1. The molecule has 2 atom stereocenters. The van der Waals surface area contributed by atoms with Crippen molar-refractivity contribution in [3.05, 3.63) is 42.1 Å². The molecule has 1 aromatic carbocycles. The number of hydrogen-bond donors (Lipinski definition) is 1. The fraction of sp³-hybridized carbons (Fsp3) is 0.357. The lowest BCUT2D eigenvalue weighted by molar-refractivity contribution is 0.0572. The van der Waals surface area contributed by atoms with E-state index in [-0.39, 0.29) is 12.1 Å². The van der Waals surface area contributed by atoms with E-state index in [1.165, 1.54) is 0 Å². The van der Waals surface area contributed by atoms with Gasteiger partial charge in [0.1, 0.15) is 0 Å². The lowest BCUT2D eigenvalue weighted by Gasteiger charge is -2.28. The maximum atomic E-state index is 6.36. The van der Waals surface area contributed by atoms with Gasteiger partial charge in [0.2, 0.25) is 0 Å². The molecule has 1 fully saturated rings. The summed E-state index contributed by atoms with van der Waals surface area (Å²) in [5.74, 6) is 2.03. The van der Waals surface area contributed by atoms with Crippen LogP contribution in [0.4, 0.5) is 0 Å². The summed E-state index contributed by atoms with van der Waals surface area (Å²) in [5, 5.41) is 1.13. The van der Waals surface area contributed by atoms with Crippen LogP contribution in [-0.4, -0.2) is 29.2 Å². The number of fused-ring (bicyclic) bond motifs is 1. The molecule has 0 amide bonds. The number of nitrogens with two attached hydrogens (primary N) is 1. The molecule has 0 spiro atoms. The number of hydrogen-bond acceptors (Lipinski definition) is 4. The minimum atomic E-state index is -0.101. The highest BCUT2D eigenvalue weighted by molar-refractivity contribution is 7.99. The summed E-state index contributed by atoms with van der Waals surface area (Å²) in [6, 6.07) is 10.1. The molecule has 1 aromatic heterocycles. The first-order valence-electron chi connectivity index (χ1n) is 6.15. The predicted octanol–water partition coefficient (Wildman–Crippen LogP) is 2.37. The van der Waals surface area contributed by atoms with Crippen molar-refractivity contribution in [3.63, 3.8) is 0 Å². The summed E-state index contributed by atoms with van der Waals surface area (Å²) in [7, 11) is 0. The van der Waals surface area contributed by atoms with Crippen LogP contribution in [0.2, 0.25) is 0 Å². The molecule has 2 heterocycles. The summed E-state index contributed by atoms with van der Waals surface area (Å²) in [5.41, 5.74) is 8.43. The fourth-order valence-electron chi connectivity index (χ4n) is 2.31. The van der Waals surface area contributed by atoms with Gasteiger partial charge in [0.05, 0.1) is 24.3 Å². The number of nitrogens with zero attached hydrogens (tertiary/aromatic N) is 1. The SMILES string of the molecule is NC(c1cccc2cccnc12)C1CSCCO1. The molecule has 4 heteroatoms. The molecular weight excluding hydrogens is 244 g/mol. The van der Waals surface area contributed by atoms with Crippen molar-refractivity contribution in [3.8, 4) is 0 Å². The molecule has 94 valence electrons. The van der Waals surface area contributed by atoms with Crippen LogP contribution in [0.3, 0.4) is 0 Å². The van der Waals surface area contributed by atoms with E-state index >= 15 is 0 Å². The topological polar surface area (TPSA) is 48.1 Å². The lowest BCUT2D eigenvalue weighted by Crippen LogP contribution is -2.34. The number of pyridine rings is 1. The van der Waals surface area contributed by atoms with Crippen LogP contribution >= 0.6 is 11.8 Å². The number of benzene rings is 1. The van der Waals surface area contributed by atoms with Gasteiger partial charge in [0.15, 0.2) is 0 Å². The Balaban J connectivity index is 1.97. The van der Waals surface area contributed by atoms with Gasteiger partial charge < -0.3 is 10.5 Å². The zero-order valence-electron chi connectivity index (χ0n) is 10.1. The van der Waals surface area contributed by atoms with Crippen LogP contribution in [0.15, 0.2) is 36.5 Å². The maximum absolute atomic E-state index is 6.36. The minimum Gasteiger partial charge on any atom is -0.375 e. The molecule has 0 saturated carbocycles. The first-order chi connectivity index (χ1) is 8.86. The first-order valence-corrected chi connectivity index (χ1v) is 7.30. The molecule has 18 heavy (non-hydrogen) atoms. The molecule has 1 aliphatic heterocycles. The molecule has 2 N–H and O–H groups in total. The smallest absolute Gasteiger partial charge is 0.0858 e. The molecule has 0 aliphatic carbocycles. The summed E-state index contributed by atoms with van der Waals surface area (Å²) in [6.45, 7) is 0.793. The molecule has 3 nitrogen and oxygen atoms in total. The van der Waals surface area contributed by atoms with E-state index in [2.05, 4.69) is 23.2 Å². The van der Waals surface area contributed by atoms with Gasteiger partial charge in [-0.1, -0.05) is 24.3 Å². The van der Waals surface area contributed by atoms with Crippen molar-refractivity contribution < 1.29 is 4.74 Å². The van der Waals surface area contributed by atoms with Gasteiger partial charge in [-0.25, -0.2) is 0 Å². The Morgan fingerprint density at radius 3 is 3.06 bits per heavy atom. The first kappa shape index (κ1) is 12.0. The van der Waals surface area contributed by atoms with E-state index in [1.807, 2.05) is 30.1 Å². The molecule has 0 radical (unpaired) electrons. The van der Waals surface area contributed by atoms with Gasteiger partial charge in [-0.05, 0) is 11.6 Å². The van der Waals surface area contributed by atoms with Crippen LogP contribution in [0.5, 0.6) is 0 Å². The monoisotopic (exact) mass is 260 g/mol. The minimum absolute atomic E-state index is 0.0938. The number of rotatable bonds is 2. The van der Waals surface area contributed by atoms with Crippen molar-refractivity contribution >= 4 is 22.7 Å². The van der Waals surface area contributed by atoms with Crippen molar-refractivity contribution in [1.29, 1.82) is 0 Å². The second-order valence-electron chi connectivity index (χ2n) is 4.43. The quantitative estimate of drug-likeness (QED) is 0.900. The Bertz CT molecular complexity index is 535. The summed E-state index contributed by atoms with van der Waals surface area (Å²) in [4.78, 5) is 4.45. The van der Waals surface area contributed by atoms with E-state index < -0.39 is 0 Å². The zero-order valence-corrected chi connectivity index (χ0v) is 10.9. The molecule has 0 bridgehead atoms. The average Bonchev–Trinajstić information content (AvgIpc) is 2.47. The van der Waals surface area contributed by atoms with Crippen LogP contribution < -0.4 is 5.73 Å².